The van der Waals surface area contributed by atoms with Gasteiger partial charge in [0.05, 0.1) is 0 Å². The second-order valence-electron chi connectivity index (χ2n) is 6.41. The van der Waals surface area contributed by atoms with Gasteiger partial charge in [0, 0.05) is 10.4 Å². The highest BCUT2D eigenvalue weighted by Gasteiger charge is 2.35. The van der Waals surface area contributed by atoms with E-state index in [0.717, 1.165) is 31.0 Å². The summed E-state index contributed by atoms with van der Waals surface area (Å²) in [6.07, 6.45) is 3.52. The molecule has 3 rings (SSSR count). The van der Waals surface area contributed by atoms with Crippen LogP contribution < -0.4 is 5.32 Å². The molecule has 1 aliphatic heterocycles. The first-order chi connectivity index (χ1) is 11.1. The van der Waals surface area contributed by atoms with Crippen molar-refractivity contribution in [2.24, 2.45) is 0 Å². The summed E-state index contributed by atoms with van der Waals surface area (Å²) in [5, 5.41) is 4.28. The lowest BCUT2D eigenvalue weighted by Crippen LogP contribution is -2.40. The Labute approximate surface area is 146 Å². The summed E-state index contributed by atoms with van der Waals surface area (Å²) in [4.78, 5) is 0. The predicted octanol–water partition coefficient (Wildman–Crippen LogP) is 5.73. The molecule has 2 aromatic carbocycles. The summed E-state index contributed by atoms with van der Waals surface area (Å²) in [6.45, 7) is 8.52. The maximum atomic E-state index is 6.05. The molecule has 1 fully saturated rings. The minimum Gasteiger partial charge on any atom is -0.317 e. The van der Waals surface area contributed by atoms with Crippen molar-refractivity contribution in [3.8, 4) is 0 Å². The molecule has 0 bridgehead atoms. The van der Waals surface area contributed by atoms with Crippen molar-refractivity contribution in [3.05, 3.63) is 70.2 Å². The zero-order valence-electron chi connectivity index (χ0n) is 14.5. The summed E-state index contributed by atoms with van der Waals surface area (Å²) >= 11 is 6.05. The lowest BCUT2D eigenvalue weighted by atomic mass is 9.68. The first-order valence-electron chi connectivity index (χ1n) is 8.66. The summed E-state index contributed by atoms with van der Waals surface area (Å²) in [6, 6.07) is 17.4. The van der Waals surface area contributed by atoms with Crippen molar-refractivity contribution in [2.45, 2.75) is 45.4 Å². The number of rotatable bonds is 2. The maximum absolute atomic E-state index is 6.05. The molecular formula is C21H28ClN. The predicted molar refractivity (Wildman–Crippen MR) is 101 cm³/mol. The van der Waals surface area contributed by atoms with Gasteiger partial charge in [0.25, 0.3) is 0 Å². The zero-order valence-corrected chi connectivity index (χ0v) is 15.3. The van der Waals surface area contributed by atoms with Crippen LogP contribution >= 0.6 is 11.6 Å². The van der Waals surface area contributed by atoms with Crippen LogP contribution in [0.15, 0.2) is 48.5 Å². The van der Waals surface area contributed by atoms with E-state index in [9.17, 15) is 0 Å². The zero-order chi connectivity index (χ0) is 16.7. The van der Waals surface area contributed by atoms with E-state index in [4.69, 9.17) is 11.6 Å². The summed E-state index contributed by atoms with van der Waals surface area (Å²) in [7, 11) is 0. The van der Waals surface area contributed by atoms with E-state index in [1.54, 1.807) is 0 Å². The molecule has 0 unspecified atom stereocenters. The summed E-state index contributed by atoms with van der Waals surface area (Å²) < 4.78 is 0. The molecule has 1 nitrogen and oxygen atoms in total. The van der Waals surface area contributed by atoms with Crippen LogP contribution in [0.5, 0.6) is 0 Å². The van der Waals surface area contributed by atoms with Crippen molar-refractivity contribution >= 4 is 11.6 Å². The Hall–Kier alpha value is -1.31. The Morgan fingerprint density at radius 1 is 0.870 bits per heavy atom. The van der Waals surface area contributed by atoms with Gasteiger partial charge in [-0.2, -0.15) is 0 Å². The van der Waals surface area contributed by atoms with Crippen molar-refractivity contribution in [3.63, 3.8) is 0 Å². The maximum Gasteiger partial charge on any atom is 0.0406 e. The van der Waals surface area contributed by atoms with Crippen molar-refractivity contribution in [1.82, 2.24) is 5.32 Å². The number of nitrogens with one attached hydrogen (secondary N) is 1. The van der Waals surface area contributed by atoms with Crippen molar-refractivity contribution < 1.29 is 0 Å². The minimum absolute atomic E-state index is 0.129. The number of benzene rings is 2. The van der Waals surface area contributed by atoms with Crippen LogP contribution in [0.4, 0.5) is 0 Å². The van der Waals surface area contributed by atoms with Gasteiger partial charge in [-0.15, -0.1) is 0 Å². The summed E-state index contributed by atoms with van der Waals surface area (Å²) in [5.41, 5.74) is 4.25. The van der Waals surface area contributed by atoms with E-state index in [1.807, 2.05) is 12.1 Å². The lowest BCUT2D eigenvalue weighted by Gasteiger charge is -2.39. The Balaban J connectivity index is 0.000000595. The molecule has 0 saturated carbocycles. The van der Waals surface area contributed by atoms with E-state index in [2.05, 4.69) is 62.5 Å². The van der Waals surface area contributed by atoms with Crippen LogP contribution in [-0.2, 0) is 5.41 Å². The first kappa shape index (κ1) is 18.0. The molecule has 23 heavy (non-hydrogen) atoms. The number of aryl methyl sites for hydroxylation is 1. The third kappa shape index (κ3) is 4.37. The number of piperidine rings is 1. The standard InChI is InChI=1S/C18H20ClN.C3H8/c1-14-2-4-15(5-3-14)18(10-12-20-13-11-18)16-6-8-17(19)9-7-16;1-3-2/h2-9,20H,10-13H2,1H3;3H2,1-2H3. The van der Waals surface area contributed by atoms with E-state index >= 15 is 0 Å². The fourth-order valence-electron chi connectivity index (χ4n) is 3.24. The largest absolute Gasteiger partial charge is 0.317 e. The highest BCUT2D eigenvalue weighted by atomic mass is 35.5. The Morgan fingerprint density at radius 2 is 1.30 bits per heavy atom. The average molecular weight is 330 g/mol. The normalized spacial score (nSPS) is 16.3. The average Bonchev–Trinajstić information content (AvgIpc) is 2.57. The molecule has 1 N–H and O–H groups in total. The molecule has 124 valence electrons. The van der Waals surface area contributed by atoms with E-state index < -0.39 is 0 Å². The third-order valence-corrected chi connectivity index (χ3v) is 4.71. The van der Waals surface area contributed by atoms with Gasteiger partial charge >= 0.3 is 0 Å². The van der Waals surface area contributed by atoms with Gasteiger partial charge in [0.15, 0.2) is 0 Å². The van der Waals surface area contributed by atoms with E-state index in [1.165, 1.54) is 23.1 Å². The van der Waals surface area contributed by atoms with Gasteiger partial charge in [0.2, 0.25) is 0 Å². The van der Waals surface area contributed by atoms with E-state index in [0.29, 0.717) is 0 Å². The minimum atomic E-state index is 0.129. The van der Waals surface area contributed by atoms with Crippen LogP contribution in [-0.4, -0.2) is 13.1 Å². The van der Waals surface area contributed by atoms with E-state index in [-0.39, 0.29) is 5.41 Å². The van der Waals surface area contributed by atoms with Gasteiger partial charge in [-0.25, -0.2) is 0 Å². The molecule has 0 amide bonds. The molecule has 0 aromatic heterocycles. The monoisotopic (exact) mass is 329 g/mol. The van der Waals surface area contributed by atoms with Crippen molar-refractivity contribution in [1.29, 1.82) is 0 Å². The lowest BCUT2D eigenvalue weighted by molar-refractivity contribution is 0.362. The van der Waals surface area contributed by atoms with Gasteiger partial charge in [-0.1, -0.05) is 73.8 Å². The van der Waals surface area contributed by atoms with Crippen molar-refractivity contribution in [2.75, 3.05) is 13.1 Å². The van der Waals surface area contributed by atoms with Crippen LogP contribution in [0, 0.1) is 6.92 Å². The Kier molecular flexibility index (Phi) is 6.68. The number of hydrogen-bond acceptors (Lipinski definition) is 1. The molecule has 2 heteroatoms. The van der Waals surface area contributed by atoms with Crippen LogP contribution in [0.25, 0.3) is 0 Å². The molecule has 0 radical (unpaired) electrons. The fraction of sp³-hybridized carbons (Fsp3) is 0.429. The third-order valence-electron chi connectivity index (χ3n) is 4.46. The van der Waals surface area contributed by atoms with Gasteiger partial charge in [0.1, 0.15) is 0 Å². The molecule has 0 atom stereocenters. The number of hydrogen-bond donors (Lipinski definition) is 1. The smallest absolute Gasteiger partial charge is 0.0406 e. The molecule has 1 heterocycles. The van der Waals surface area contributed by atoms with Gasteiger partial charge in [-0.05, 0) is 56.1 Å². The van der Waals surface area contributed by atoms with Crippen LogP contribution in [0.2, 0.25) is 5.02 Å². The fourth-order valence-corrected chi connectivity index (χ4v) is 3.37. The Morgan fingerprint density at radius 3 is 1.78 bits per heavy atom. The molecule has 2 aromatic rings. The van der Waals surface area contributed by atoms with Crippen LogP contribution in [0.1, 0.15) is 49.8 Å². The number of halogens is 1. The SMILES string of the molecule is CCC.Cc1ccc(C2(c3ccc(Cl)cc3)CCNCC2)cc1. The molecular weight excluding hydrogens is 302 g/mol. The second-order valence-corrected chi connectivity index (χ2v) is 6.85. The Bertz CT molecular complexity index is 533. The highest BCUT2D eigenvalue weighted by Crippen LogP contribution is 2.40. The van der Waals surface area contributed by atoms with Gasteiger partial charge < -0.3 is 5.32 Å². The molecule has 1 saturated heterocycles. The summed E-state index contributed by atoms with van der Waals surface area (Å²) in [5.74, 6) is 0. The molecule has 0 aliphatic carbocycles. The second kappa shape index (κ2) is 8.52. The first-order valence-corrected chi connectivity index (χ1v) is 9.04. The molecule has 0 spiro atoms. The molecule has 1 aliphatic rings. The quantitative estimate of drug-likeness (QED) is 0.741. The highest BCUT2D eigenvalue weighted by molar-refractivity contribution is 6.30. The van der Waals surface area contributed by atoms with Gasteiger partial charge in [-0.3, -0.25) is 0 Å². The topological polar surface area (TPSA) is 12.0 Å². The van der Waals surface area contributed by atoms with Crippen LogP contribution in [0.3, 0.4) is 0 Å².